The third-order valence-corrected chi connectivity index (χ3v) is 4.14. The van der Waals surface area contributed by atoms with Crippen LogP contribution in [0.1, 0.15) is 5.56 Å². The van der Waals surface area contributed by atoms with E-state index < -0.39 is 18.1 Å². The van der Waals surface area contributed by atoms with Gasteiger partial charge in [-0.25, -0.2) is 5.43 Å². The van der Waals surface area contributed by atoms with Gasteiger partial charge in [0.2, 0.25) is 0 Å². The number of hydrogen-bond donors (Lipinski definition) is 1. The molecule has 0 aliphatic heterocycles. The van der Waals surface area contributed by atoms with Gasteiger partial charge in [-0.3, -0.25) is 0 Å². The van der Waals surface area contributed by atoms with Crippen molar-refractivity contribution in [3.63, 3.8) is 0 Å². The number of alkyl halides is 7. The molecule has 3 nitrogen and oxygen atoms in total. The Labute approximate surface area is 165 Å². The molecule has 0 bridgehead atoms. The third-order valence-electron chi connectivity index (χ3n) is 2.54. The zero-order valence-corrected chi connectivity index (χ0v) is 16.3. The molecule has 1 rings (SSSR count). The molecule has 140 valence electrons. The van der Waals surface area contributed by atoms with Crippen LogP contribution in [0.15, 0.2) is 29.9 Å². The van der Waals surface area contributed by atoms with E-state index in [9.17, 15) is 30.7 Å². The molecule has 0 atom stereocenters. The zero-order chi connectivity index (χ0) is 19.5. The first kappa shape index (κ1) is 22.2. The van der Waals surface area contributed by atoms with Gasteiger partial charge in [-0.15, -0.1) is 0 Å². The second-order valence-corrected chi connectivity index (χ2v) is 6.75. The lowest BCUT2D eigenvalue weighted by Gasteiger charge is -2.27. The highest BCUT2D eigenvalue weighted by atomic mass is 127. The summed E-state index contributed by atoms with van der Waals surface area (Å²) in [4.78, 5) is 0. The van der Waals surface area contributed by atoms with Crippen LogP contribution in [0.4, 0.5) is 30.7 Å². The van der Waals surface area contributed by atoms with Crippen molar-refractivity contribution in [1.29, 1.82) is 0 Å². The highest BCUT2D eigenvalue weighted by molar-refractivity contribution is 14.1. The predicted molar refractivity (Wildman–Crippen MR) is 94.2 cm³/mol. The van der Waals surface area contributed by atoms with Crippen molar-refractivity contribution in [2.45, 2.75) is 18.1 Å². The quantitative estimate of drug-likeness (QED) is 0.118. The average molecular weight is 596 g/mol. The van der Waals surface area contributed by atoms with Gasteiger partial charge >= 0.3 is 18.1 Å². The molecule has 0 aromatic heterocycles. The Balaban J connectivity index is 2.94. The van der Waals surface area contributed by atoms with Gasteiger partial charge < -0.3 is 4.74 Å². The van der Waals surface area contributed by atoms with Crippen molar-refractivity contribution in [3.8, 4) is 5.75 Å². The second kappa shape index (κ2) is 8.26. The van der Waals surface area contributed by atoms with Crippen LogP contribution in [0.2, 0.25) is 0 Å². The number of hydrazone groups is 1. The molecule has 0 saturated heterocycles. The fraction of sp³-hybridized carbons (Fsp3) is 0.308. The average Bonchev–Trinajstić information content (AvgIpc) is 2.45. The summed E-state index contributed by atoms with van der Waals surface area (Å²) >= 11 is 3.76. The van der Waals surface area contributed by atoms with E-state index in [0.717, 1.165) is 0 Å². The zero-order valence-electron chi connectivity index (χ0n) is 12.0. The van der Waals surface area contributed by atoms with Crippen molar-refractivity contribution < 1.29 is 35.5 Å². The lowest BCUT2D eigenvalue weighted by atomic mass is 10.2. The summed E-state index contributed by atoms with van der Waals surface area (Å²) in [6, 6.07) is -2.76. The van der Waals surface area contributed by atoms with E-state index in [-0.39, 0.29) is 12.2 Å². The number of hydrogen-bond acceptors (Lipinski definition) is 3. The van der Waals surface area contributed by atoms with E-state index in [1.807, 2.05) is 45.2 Å². The lowest BCUT2D eigenvalue weighted by Crippen LogP contribution is -2.58. The normalized spacial score (nSPS) is 13.2. The Morgan fingerprint density at radius 3 is 2.04 bits per heavy atom. The number of ether oxygens (including phenoxy) is 1. The van der Waals surface area contributed by atoms with Crippen LogP contribution in [-0.4, -0.2) is 31.0 Å². The molecular formula is C13H9F7I2N2O. The van der Waals surface area contributed by atoms with Crippen LogP contribution in [0.25, 0.3) is 0 Å². The molecule has 0 spiro atoms. The minimum absolute atomic E-state index is 0.193. The van der Waals surface area contributed by atoms with Gasteiger partial charge in [-0.05, 0) is 62.9 Å². The standard InChI is InChI=1S/C13H9F7I2N2O/c1-2-3-25-10-8(21)4-7(5-9(10)22)6-23-24-13(19,20)11(14,15)12(16,17)18/h2,4-6,24H,1,3H2/b23-6+. The number of halogens is 9. The van der Waals surface area contributed by atoms with Crippen LogP contribution in [0, 0.1) is 7.14 Å². The highest BCUT2D eigenvalue weighted by Gasteiger charge is 2.73. The summed E-state index contributed by atoms with van der Waals surface area (Å²) in [7, 11) is 0. The molecule has 12 heteroatoms. The van der Waals surface area contributed by atoms with Crippen LogP contribution < -0.4 is 10.2 Å². The van der Waals surface area contributed by atoms with Gasteiger partial charge in [-0.2, -0.15) is 35.8 Å². The van der Waals surface area contributed by atoms with Gasteiger partial charge in [0.25, 0.3) is 0 Å². The first-order valence-electron chi connectivity index (χ1n) is 6.19. The van der Waals surface area contributed by atoms with Crippen molar-refractivity contribution in [2.75, 3.05) is 6.61 Å². The summed E-state index contributed by atoms with van der Waals surface area (Å²) in [5, 5.41) is 2.80. The number of benzene rings is 1. The van der Waals surface area contributed by atoms with Gasteiger partial charge in [0.1, 0.15) is 12.4 Å². The lowest BCUT2D eigenvalue weighted by molar-refractivity contribution is -0.361. The Kier molecular flexibility index (Phi) is 7.35. The topological polar surface area (TPSA) is 33.6 Å². The monoisotopic (exact) mass is 596 g/mol. The molecular weight excluding hydrogens is 587 g/mol. The molecule has 0 amide bonds. The molecule has 0 heterocycles. The fourth-order valence-electron chi connectivity index (χ4n) is 1.37. The van der Waals surface area contributed by atoms with E-state index in [1.165, 1.54) is 18.2 Å². The molecule has 0 aliphatic carbocycles. The molecule has 0 fully saturated rings. The van der Waals surface area contributed by atoms with Gasteiger partial charge in [0.05, 0.1) is 13.4 Å². The summed E-state index contributed by atoms with van der Waals surface area (Å²) in [5.74, 6) is -5.79. The molecule has 1 aromatic rings. The van der Waals surface area contributed by atoms with Crippen molar-refractivity contribution >= 4 is 51.4 Å². The summed E-state index contributed by atoms with van der Waals surface area (Å²) in [6.07, 6.45) is -4.22. The molecule has 1 aromatic carbocycles. The minimum atomic E-state index is -6.42. The van der Waals surface area contributed by atoms with Crippen LogP contribution in [-0.2, 0) is 0 Å². The molecule has 0 unspecified atom stereocenters. The van der Waals surface area contributed by atoms with Gasteiger partial charge in [-0.1, -0.05) is 12.7 Å². The fourth-order valence-corrected chi connectivity index (χ4v) is 3.50. The van der Waals surface area contributed by atoms with E-state index in [1.54, 1.807) is 0 Å². The minimum Gasteiger partial charge on any atom is -0.487 e. The van der Waals surface area contributed by atoms with Crippen LogP contribution in [0.5, 0.6) is 5.75 Å². The van der Waals surface area contributed by atoms with E-state index >= 15 is 0 Å². The Hall–Kier alpha value is -0.800. The van der Waals surface area contributed by atoms with Crippen molar-refractivity contribution in [3.05, 3.63) is 37.5 Å². The first-order valence-corrected chi connectivity index (χ1v) is 8.34. The number of nitrogens with zero attached hydrogens (tertiary/aromatic N) is 1. The maximum absolute atomic E-state index is 13.0. The summed E-state index contributed by atoms with van der Waals surface area (Å²) in [6.45, 7) is 3.70. The number of rotatable bonds is 7. The van der Waals surface area contributed by atoms with Crippen molar-refractivity contribution in [1.82, 2.24) is 5.43 Å². The van der Waals surface area contributed by atoms with Crippen LogP contribution in [0.3, 0.4) is 0 Å². The largest absolute Gasteiger partial charge is 0.487 e. The highest BCUT2D eigenvalue weighted by Crippen LogP contribution is 2.45. The molecule has 1 N–H and O–H groups in total. The molecule has 0 saturated carbocycles. The van der Waals surface area contributed by atoms with Crippen LogP contribution >= 0.6 is 45.2 Å². The first-order chi connectivity index (χ1) is 11.3. The molecule has 0 aliphatic rings. The molecule has 0 radical (unpaired) electrons. The Bertz CT molecular complexity index is 639. The van der Waals surface area contributed by atoms with E-state index in [4.69, 9.17) is 4.74 Å². The Morgan fingerprint density at radius 1 is 1.08 bits per heavy atom. The maximum atomic E-state index is 13.0. The Morgan fingerprint density at radius 2 is 1.60 bits per heavy atom. The SMILES string of the molecule is C=CCOc1c(I)cc(/C=N/NC(F)(F)C(F)(F)C(F)(F)F)cc1I. The maximum Gasteiger partial charge on any atom is 0.462 e. The number of nitrogens with one attached hydrogen (secondary N) is 1. The van der Waals surface area contributed by atoms with Gasteiger partial charge in [0, 0.05) is 0 Å². The smallest absolute Gasteiger partial charge is 0.462 e. The summed E-state index contributed by atoms with van der Waals surface area (Å²) in [5.41, 5.74) is 0.752. The third kappa shape index (κ3) is 5.34. The van der Waals surface area contributed by atoms with E-state index in [2.05, 4.69) is 11.7 Å². The second-order valence-electron chi connectivity index (χ2n) is 4.43. The predicted octanol–water partition coefficient (Wildman–Crippen LogP) is 5.17. The van der Waals surface area contributed by atoms with E-state index in [0.29, 0.717) is 24.5 Å². The van der Waals surface area contributed by atoms with Crippen molar-refractivity contribution in [2.24, 2.45) is 5.10 Å². The van der Waals surface area contributed by atoms with Gasteiger partial charge in [0.15, 0.2) is 0 Å². The molecule has 25 heavy (non-hydrogen) atoms. The summed E-state index contributed by atoms with van der Waals surface area (Å²) < 4.78 is 93.9.